The first-order valence-corrected chi connectivity index (χ1v) is 10.3. The number of sulfonamides is 1. The fourth-order valence-electron chi connectivity index (χ4n) is 2.44. The number of nitrogens with zero attached hydrogens (tertiary/aromatic N) is 2. The lowest BCUT2D eigenvalue weighted by Crippen LogP contribution is -2.26. The molecule has 0 aliphatic rings. The van der Waals surface area contributed by atoms with Gasteiger partial charge in [0.05, 0.1) is 10.6 Å². The summed E-state index contributed by atoms with van der Waals surface area (Å²) in [6, 6.07) is 7.54. The Hall–Kier alpha value is -2.16. The van der Waals surface area contributed by atoms with Crippen molar-refractivity contribution in [1.29, 1.82) is 0 Å². The average Bonchev–Trinajstić information content (AvgIpc) is 2.99. The van der Waals surface area contributed by atoms with Crippen molar-refractivity contribution in [3.05, 3.63) is 64.7 Å². The molecule has 0 spiro atoms. The Labute approximate surface area is 156 Å². The molecule has 2 heterocycles. The molecule has 0 saturated carbocycles. The van der Waals surface area contributed by atoms with Gasteiger partial charge >= 0.3 is 0 Å². The van der Waals surface area contributed by atoms with Crippen LogP contribution in [0.2, 0.25) is 0 Å². The third-order valence-corrected chi connectivity index (χ3v) is 6.63. The fraction of sp³-hybridized carbons (Fsp3) is 0.222. The molecule has 0 radical (unpaired) electrons. The van der Waals surface area contributed by atoms with Crippen molar-refractivity contribution in [2.24, 2.45) is 0 Å². The Bertz CT molecular complexity index is 1020. The second-order valence-electron chi connectivity index (χ2n) is 5.82. The predicted octanol–water partition coefficient (Wildman–Crippen LogP) is 3.48. The normalized spacial score (nSPS) is 11.7. The van der Waals surface area contributed by atoms with E-state index in [4.69, 9.17) is 0 Å². The van der Waals surface area contributed by atoms with E-state index >= 15 is 0 Å². The summed E-state index contributed by atoms with van der Waals surface area (Å²) < 4.78 is 40.6. The summed E-state index contributed by atoms with van der Waals surface area (Å²) in [4.78, 5) is 9.63. The van der Waals surface area contributed by atoms with E-state index in [9.17, 15) is 12.8 Å². The standard InChI is InChI=1S/C18H18FN3O2S2/c1-12-11-15(3-4-16(12)19)26(23,24)21-10-7-17-13(2)22-18(25-17)14-5-8-20-9-6-14/h3-6,8-9,11,21H,7,10H2,1-2H3. The van der Waals surface area contributed by atoms with Crippen LogP contribution < -0.4 is 4.72 Å². The molecule has 1 aromatic carbocycles. The second kappa shape index (κ2) is 7.61. The molecule has 2 aromatic heterocycles. The van der Waals surface area contributed by atoms with Crippen molar-refractivity contribution in [2.75, 3.05) is 6.54 Å². The zero-order valence-electron chi connectivity index (χ0n) is 14.4. The summed E-state index contributed by atoms with van der Waals surface area (Å²) in [6.45, 7) is 3.70. The molecule has 26 heavy (non-hydrogen) atoms. The third kappa shape index (κ3) is 4.14. The van der Waals surface area contributed by atoms with Crippen LogP contribution in [0.25, 0.3) is 10.6 Å². The van der Waals surface area contributed by atoms with E-state index in [1.165, 1.54) is 19.1 Å². The Morgan fingerprint density at radius 3 is 2.58 bits per heavy atom. The highest BCUT2D eigenvalue weighted by molar-refractivity contribution is 7.89. The van der Waals surface area contributed by atoms with Crippen molar-refractivity contribution in [1.82, 2.24) is 14.7 Å². The summed E-state index contributed by atoms with van der Waals surface area (Å²) in [7, 11) is -3.67. The highest BCUT2D eigenvalue weighted by atomic mass is 32.2. The molecule has 1 N–H and O–H groups in total. The fourth-order valence-corrected chi connectivity index (χ4v) is 4.63. The number of rotatable bonds is 6. The van der Waals surface area contributed by atoms with Crippen LogP contribution in [0.15, 0.2) is 47.6 Å². The zero-order valence-corrected chi connectivity index (χ0v) is 16.0. The molecular weight excluding hydrogens is 373 g/mol. The average molecular weight is 391 g/mol. The smallest absolute Gasteiger partial charge is 0.240 e. The van der Waals surface area contributed by atoms with Crippen LogP contribution in [0.4, 0.5) is 4.39 Å². The number of aromatic nitrogens is 2. The molecule has 0 atom stereocenters. The van der Waals surface area contributed by atoms with E-state index in [-0.39, 0.29) is 11.4 Å². The van der Waals surface area contributed by atoms with Crippen LogP contribution in [0, 0.1) is 19.7 Å². The van der Waals surface area contributed by atoms with E-state index in [0.717, 1.165) is 27.2 Å². The summed E-state index contributed by atoms with van der Waals surface area (Å²) >= 11 is 1.54. The van der Waals surface area contributed by atoms with Gasteiger partial charge in [0.1, 0.15) is 10.8 Å². The Morgan fingerprint density at radius 2 is 1.88 bits per heavy atom. The number of benzene rings is 1. The van der Waals surface area contributed by atoms with Crippen molar-refractivity contribution < 1.29 is 12.8 Å². The molecule has 0 amide bonds. The molecule has 0 aliphatic carbocycles. The second-order valence-corrected chi connectivity index (χ2v) is 8.67. The van der Waals surface area contributed by atoms with E-state index in [1.54, 1.807) is 23.7 Å². The maximum Gasteiger partial charge on any atom is 0.240 e. The molecule has 3 aromatic rings. The molecule has 0 bridgehead atoms. The van der Waals surface area contributed by atoms with Gasteiger partial charge in [-0.15, -0.1) is 11.3 Å². The number of aryl methyl sites for hydroxylation is 2. The van der Waals surface area contributed by atoms with Gasteiger partial charge in [-0.3, -0.25) is 4.98 Å². The van der Waals surface area contributed by atoms with Crippen molar-refractivity contribution in [2.45, 2.75) is 25.2 Å². The van der Waals surface area contributed by atoms with Crippen LogP contribution >= 0.6 is 11.3 Å². The van der Waals surface area contributed by atoms with Gasteiger partial charge < -0.3 is 0 Å². The molecule has 3 rings (SSSR count). The molecule has 5 nitrogen and oxygen atoms in total. The molecule has 136 valence electrons. The lowest BCUT2D eigenvalue weighted by molar-refractivity contribution is 0.580. The third-order valence-electron chi connectivity index (χ3n) is 3.90. The number of hydrogen-bond acceptors (Lipinski definition) is 5. The topological polar surface area (TPSA) is 72.0 Å². The largest absolute Gasteiger partial charge is 0.265 e. The van der Waals surface area contributed by atoms with Gasteiger partial charge in [0.2, 0.25) is 10.0 Å². The highest BCUT2D eigenvalue weighted by Gasteiger charge is 2.16. The molecule has 0 fully saturated rings. The first-order valence-electron chi connectivity index (χ1n) is 7.99. The SMILES string of the molecule is Cc1cc(S(=O)(=O)NCCc2sc(-c3ccncc3)nc2C)ccc1F. The minimum absolute atomic E-state index is 0.0647. The quantitative estimate of drug-likeness (QED) is 0.698. The van der Waals surface area contributed by atoms with Gasteiger partial charge in [-0.1, -0.05) is 0 Å². The van der Waals surface area contributed by atoms with Crippen LogP contribution in [0.1, 0.15) is 16.1 Å². The predicted molar refractivity (Wildman–Crippen MR) is 100 cm³/mol. The number of thiazole rings is 1. The summed E-state index contributed by atoms with van der Waals surface area (Å²) in [5, 5.41) is 0.886. The van der Waals surface area contributed by atoms with Gasteiger partial charge in [0.25, 0.3) is 0 Å². The zero-order chi connectivity index (χ0) is 18.7. The Morgan fingerprint density at radius 1 is 1.15 bits per heavy atom. The van der Waals surface area contributed by atoms with E-state index in [0.29, 0.717) is 12.0 Å². The lowest BCUT2D eigenvalue weighted by atomic mass is 10.2. The number of nitrogens with one attached hydrogen (secondary N) is 1. The summed E-state index contributed by atoms with van der Waals surface area (Å²) in [5.41, 5.74) is 2.17. The van der Waals surface area contributed by atoms with Crippen molar-refractivity contribution >= 4 is 21.4 Å². The van der Waals surface area contributed by atoms with Gasteiger partial charge in [-0.05, 0) is 56.2 Å². The number of pyridine rings is 1. The Kier molecular flexibility index (Phi) is 5.45. The maximum atomic E-state index is 13.3. The van der Waals surface area contributed by atoms with E-state index in [2.05, 4.69) is 14.7 Å². The minimum Gasteiger partial charge on any atom is -0.265 e. The first kappa shape index (κ1) is 18.6. The van der Waals surface area contributed by atoms with Gasteiger partial charge in [-0.25, -0.2) is 22.5 Å². The number of hydrogen-bond donors (Lipinski definition) is 1. The molecular formula is C18H18FN3O2S2. The lowest BCUT2D eigenvalue weighted by Gasteiger charge is -2.07. The summed E-state index contributed by atoms with van der Waals surface area (Å²) in [5.74, 6) is -0.423. The summed E-state index contributed by atoms with van der Waals surface area (Å²) in [6.07, 6.45) is 3.96. The van der Waals surface area contributed by atoms with Crippen LogP contribution in [0.3, 0.4) is 0 Å². The maximum absolute atomic E-state index is 13.3. The van der Waals surface area contributed by atoms with Gasteiger partial charge in [0.15, 0.2) is 0 Å². The van der Waals surface area contributed by atoms with E-state index < -0.39 is 15.8 Å². The highest BCUT2D eigenvalue weighted by Crippen LogP contribution is 2.27. The molecule has 0 unspecified atom stereocenters. The van der Waals surface area contributed by atoms with Crippen LogP contribution in [-0.2, 0) is 16.4 Å². The van der Waals surface area contributed by atoms with Crippen molar-refractivity contribution in [3.8, 4) is 10.6 Å². The molecule has 0 saturated heterocycles. The molecule has 8 heteroatoms. The number of halogens is 1. The monoisotopic (exact) mass is 391 g/mol. The van der Waals surface area contributed by atoms with Gasteiger partial charge in [0, 0.05) is 29.4 Å². The van der Waals surface area contributed by atoms with Crippen molar-refractivity contribution in [3.63, 3.8) is 0 Å². The molecule has 0 aliphatic heterocycles. The van der Waals surface area contributed by atoms with Crippen LogP contribution in [0.5, 0.6) is 0 Å². The van der Waals surface area contributed by atoms with Crippen LogP contribution in [-0.4, -0.2) is 24.9 Å². The Balaban J connectivity index is 1.68. The first-order chi connectivity index (χ1) is 12.4. The van der Waals surface area contributed by atoms with Gasteiger partial charge in [-0.2, -0.15) is 0 Å². The minimum atomic E-state index is -3.67. The van der Waals surface area contributed by atoms with E-state index in [1.807, 2.05) is 19.1 Å².